The molecule has 1 aliphatic rings. The van der Waals surface area contributed by atoms with Gasteiger partial charge in [-0.05, 0) is 17.7 Å². The molecule has 2 aromatic carbocycles. The zero-order chi connectivity index (χ0) is 19.3. The van der Waals surface area contributed by atoms with E-state index in [0.717, 1.165) is 42.6 Å². The van der Waals surface area contributed by atoms with E-state index in [2.05, 4.69) is 50.8 Å². The number of aromatic nitrogens is 2. The number of anilines is 1. The molecule has 0 N–H and O–H groups in total. The summed E-state index contributed by atoms with van der Waals surface area (Å²) in [5.41, 5.74) is 3.42. The van der Waals surface area contributed by atoms with Crippen LogP contribution in [0, 0.1) is 0 Å². The number of amides is 1. The first kappa shape index (κ1) is 18.6. The minimum absolute atomic E-state index is 0.182. The molecule has 4 rings (SSSR count). The van der Waals surface area contributed by atoms with Crippen LogP contribution in [0.25, 0.3) is 11.3 Å². The summed E-state index contributed by atoms with van der Waals surface area (Å²) < 4.78 is 2.06. The van der Waals surface area contributed by atoms with Crippen LogP contribution in [0.5, 0.6) is 0 Å². The van der Waals surface area contributed by atoms with Gasteiger partial charge in [-0.1, -0.05) is 60.3 Å². The lowest BCUT2D eigenvalue weighted by molar-refractivity contribution is -0.128. The van der Waals surface area contributed by atoms with Crippen LogP contribution in [0.1, 0.15) is 0 Å². The Morgan fingerprint density at radius 3 is 2.29 bits per heavy atom. The fraction of sp³-hybridized carbons (Fsp3) is 0.273. The quantitative estimate of drug-likeness (QED) is 0.623. The van der Waals surface area contributed by atoms with Gasteiger partial charge in [0.2, 0.25) is 5.91 Å². The summed E-state index contributed by atoms with van der Waals surface area (Å²) in [5.74, 6) is 0.603. The van der Waals surface area contributed by atoms with Crippen LogP contribution in [-0.2, 0) is 11.8 Å². The molecule has 0 atom stereocenters. The largest absolute Gasteiger partial charge is 0.368 e. The molecule has 1 aromatic heterocycles. The van der Waals surface area contributed by atoms with Crippen LogP contribution in [0.4, 0.5) is 5.69 Å². The SMILES string of the molecule is Cn1c(-c2ccccc2)cnc1SCC(=O)N1CCN(c2ccccc2)CC1. The highest BCUT2D eigenvalue weighted by molar-refractivity contribution is 7.99. The van der Waals surface area contributed by atoms with Crippen LogP contribution in [0.15, 0.2) is 72.0 Å². The molecule has 2 heterocycles. The molecule has 3 aromatic rings. The van der Waals surface area contributed by atoms with E-state index in [0.29, 0.717) is 5.75 Å². The van der Waals surface area contributed by atoms with Gasteiger partial charge >= 0.3 is 0 Å². The molecule has 1 fully saturated rings. The number of imidazole rings is 1. The average Bonchev–Trinajstić information content (AvgIpc) is 3.13. The number of para-hydroxylation sites is 1. The van der Waals surface area contributed by atoms with Crippen molar-refractivity contribution < 1.29 is 4.79 Å². The average molecular weight is 393 g/mol. The predicted octanol–water partition coefficient (Wildman–Crippen LogP) is 3.53. The van der Waals surface area contributed by atoms with Crippen molar-refractivity contribution in [2.24, 2.45) is 7.05 Å². The third-order valence-corrected chi connectivity index (χ3v) is 6.12. The number of thioether (sulfide) groups is 1. The van der Waals surface area contributed by atoms with E-state index < -0.39 is 0 Å². The third kappa shape index (κ3) is 4.07. The van der Waals surface area contributed by atoms with Crippen molar-refractivity contribution in [1.29, 1.82) is 0 Å². The van der Waals surface area contributed by atoms with E-state index in [9.17, 15) is 4.79 Å². The van der Waals surface area contributed by atoms with Gasteiger partial charge in [-0.25, -0.2) is 4.98 Å². The van der Waals surface area contributed by atoms with E-state index in [4.69, 9.17) is 0 Å². The molecular formula is C22H24N4OS. The van der Waals surface area contributed by atoms with Gasteiger partial charge in [0, 0.05) is 38.9 Å². The summed E-state index contributed by atoms with van der Waals surface area (Å²) in [6, 6.07) is 20.6. The Morgan fingerprint density at radius 1 is 0.964 bits per heavy atom. The summed E-state index contributed by atoms with van der Waals surface area (Å²) in [7, 11) is 2.00. The summed E-state index contributed by atoms with van der Waals surface area (Å²) in [4.78, 5) is 21.5. The Morgan fingerprint density at radius 2 is 1.61 bits per heavy atom. The molecule has 0 bridgehead atoms. The van der Waals surface area contributed by atoms with Crippen molar-refractivity contribution in [1.82, 2.24) is 14.5 Å². The van der Waals surface area contributed by atoms with Crippen LogP contribution in [0.3, 0.4) is 0 Å². The zero-order valence-corrected chi connectivity index (χ0v) is 16.8. The van der Waals surface area contributed by atoms with E-state index in [-0.39, 0.29) is 5.91 Å². The standard InChI is InChI=1S/C22H24N4OS/c1-24-20(18-8-4-2-5-9-18)16-23-22(24)28-17-21(27)26-14-12-25(13-15-26)19-10-6-3-7-11-19/h2-11,16H,12-15,17H2,1H3. The van der Waals surface area contributed by atoms with Gasteiger partial charge in [0.1, 0.15) is 0 Å². The topological polar surface area (TPSA) is 41.4 Å². The normalized spacial score (nSPS) is 14.3. The van der Waals surface area contributed by atoms with Gasteiger partial charge < -0.3 is 14.4 Å². The second-order valence-electron chi connectivity index (χ2n) is 6.84. The first-order valence-electron chi connectivity index (χ1n) is 9.50. The van der Waals surface area contributed by atoms with Gasteiger partial charge in [0.15, 0.2) is 5.16 Å². The number of hydrogen-bond donors (Lipinski definition) is 0. The molecular weight excluding hydrogens is 368 g/mol. The summed E-state index contributed by atoms with van der Waals surface area (Å²) >= 11 is 1.51. The third-order valence-electron chi connectivity index (χ3n) is 5.09. The van der Waals surface area contributed by atoms with E-state index >= 15 is 0 Å². The van der Waals surface area contributed by atoms with Crippen molar-refractivity contribution in [2.75, 3.05) is 36.8 Å². The smallest absolute Gasteiger partial charge is 0.233 e. The second-order valence-corrected chi connectivity index (χ2v) is 7.79. The Labute approximate surface area is 170 Å². The lowest BCUT2D eigenvalue weighted by Crippen LogP contribution is -2.49. The maximum atomic E-state index is 12.7. The van der Waals surface area contributed by atoms with E-state index in [1.165, 1.54) is 17.4 Å². The Hall–Kier alpha value is -2.73. The molecule has 1 aliphatic heterocycles. The molecule has 0 saturated carbocycles. The fourth-order valence-corrected chi connectivity index (χ4v) is 4.33. The van der Waals surface area contributed by atoms with Crippen molar-refractivity contribution in [2.45, 2.75) is 5.16 Å². The molecule has 1 amide bonds. The van der Waals surface area contributed by atoms with E-state index in [1.807, 2.05) is 42.4 Å². The van der Waals surface area contributed by atoms with Crippen molar-refractivity contribution in [3.05, 3.63) is 66.9 Å². The van der Waals surface area contributed by atoms with Crippen molar-refractivity contribution in [3.63, 3.8) is 0 Å². The Bertz CT molecular complexity index is 918. The van der Waals surface area contributed by atoms with Crippen molar-refractivity contribution >= 4 is 23.4 Å². The molecule has 28 heavy (non-hydrogen) atoms. The number of benzene rings is 2. The predicted molar refractivity (Wildman–Crippen MR) is 115 cm³/mol. The second kappa shape index (κ2) is 8.52. The molecule has 5 nitrogen and oxygen atoms in total. The Kier molecular flexibility index (Phi) is 5.67. The lowest BCUT2D eigenvalue weighted by atomic mass is 10.2. The maximum absolute atomic E-state index is 12.7. The summed E-state index contributed by atoms with van der Waals surface area (Å²) in [6.07, 6.45) is 1.88. The first-order chi connectivity index (χ1) is 13.7. The van der Waals surface area contributed by atoms with Crippen LogP contribution in [0.2, 0.25) is 0 Å². The molecule has 144 valence electrons. The van der Waals surface area contributed by atoms with Crippen LogP contribution >= 0.6 is 11.8 Å². The highest BCUT2D eigenvalue weighted by atomic mass is 32.2. The number of rotatable bonds is 5. The number of nitrogens with zero attached hydrogens (tertiary/aromatic N) is 4. The molecule has 6 heteroatoms. The Balaban J connectivity index is 1.31. The fourth-order valence-electron chi connectivity index (χ4n) is 3.47. The monoisotopic (exact) mass is 392 g/mol. The van der Waals surface area contributed by atoms with Gasteiger partial charge in [-0.3, -0.25) is 4.79 Å². The summed E-state index contributed by atoms with van der Waals surface area (Å²) in [5, 5.41) is 0.870. The molecule has 0 unspecified atom stereocenters. The number of hydrogen-bond acceptors (Lipinski definition) is 4. The lowest BCUT2D eigenvalue weighted by Gasteiger charge is -2.36. The highest BCUT2D eigenvalue weighted by Gasteiger charge is 2.22. The molecule has 1 saturated heterocycles. The minimum atomic E-state index is 0.182. The first-order valence-corrected chi connectivity index (χ1v) is 10.5. The number of carbonyl (C=O) groups is 1. The van der Waals surface area contributed by atoms with Crippen LogP contribution < -0.4 is 4.90 Å². The molecule has 0 aliphatic carbocycles. The summed E-state index contributed by atoms with van der Waals surface area (Å²) in [6.45, 7) is 3.29. The van der Waals surface area contributed by atoms with Gasteiger partial charge in [0.05, 0.1) is 17.6 Å². The van der Waals surface area contributed by atoms with E-state index in [1.54, 1.807) is 0 Å². The van der Waals surface area contributed by atoms with Gasteiger partial charge in [-0.2, -0.15) is 0 Å². The van der Waals surface area contributed by atoms with Crippen molar-refractivity contribution in [3.8, 4) is 11.3 Å². The van der Waals surface area contributed by atoms with Gasteiger partial charge in [0.25, 0.3) is 0 Å². The number of piperazine rings is 1. The minimum Gasteiger partial charge on any atom is -0.368 e. The molecule has 0 radical (unpaired) electrons. The highest BCUT2D eigenvalue weighted by Crippen LogP contribution is 2.25. The zero-order valence-electron chi connectivity index (χ0n) is 16.0. The molecule has 0 spiro atoms. The van der Waals surface area contributed by atoms with Crippen LogP contribution in [-0.4, -0.2) is 52.3 Å². The number of carbonyl (C=O) groups excluding carboxylic acids is 1. The van der Waals surface area contributed by atoms with Gasteiger partial charge in [-0.15, -0.1) is 0 Å². The maximum Gasteiger partial charge on any atom is 0.233 e.